The van der Waals surface area contributed by atoms with Crippen LogP contribution in [0.2, 0.25) is 0 Å². The molecule has 166 valence electrons. The molecule has 0 saturated heterocycles. The topological polar surface area (TPSA) is 111 Å². The Bertz CT molecular complexity index is 1230. The molecule has 0 bridgehead atoms. The van der Waals surface area contributed by atoms with Gasteiger partial charge in [-0.3, -0.25) is 5.32 Å². The standard InChI is InChI=1S/C23H24FN5O3/c1-11-3-4-17(11)32-23(30)29-18-8-13-7-14(19(24)20(25)16(13)10-27-18)15-9-28-22-21(12(15)2)26-5-6-31-22/h7-11,17,26H,3-6,25H2,1-2H3,(H,27,29,30). The summed E-state index contributed by atoms with van der Waals surface area (Å²) >= 11 is 0. The van der Waals surface area contributed by atoms with Crippen molar-refractivity contribution in [2.75, 3.05) is 29.5 Å². The van der Waals surface area contributed by atoms with Crippen molar-refractivity contribution in [3.63, 3.8) is 0 Å². The fourth-order valence-electron chi connectivity index (χ4n) is 4.14. The number of rotatable bonds is 3. The van der Waals surface area contributed by atoms with Crippen LogP contribution in [0.1, 0.15) is 25.3 Å². The lowest BCUT2D eigenvalue weighted by Crippen LogP contribution is -2.35. The summed E-state index contributed by atoms with van der Waals surface area (Å²) in [6.07, 6.45) is 4.34. The molecule has 2 aromatic heterocycles. The smallest absolute Gasteiger partial charge is 0.413 e. The van der Waals surface area contributed by atoms with Gasteiger partial charge in [0.15, 0.2) is 5.82 Å². The van der Waals surface area contributed by atoms with Crippen LogP contribution in [0.4, 0.5) is 26.4 Å². The molecule has 4 N–H and O–H groups in total. The first kappa shape index (κ1) is 20.3. The molecule has 1 aliphatic heterocycles. The number of fused-ring (bicyclic) bond motifs is 2. The van der Waals surface area contributed by atoms with E-state index in [1.165, 1.54) is 6.20 Å². The minimum Gasteiger partial charge on any atom is -0.474 e. The van der Waals surface area contributed by atoms with Crippen LogP contribution in [0.3, 0.4) is 0 Å². The quantitative estimate of drug-likeness (QED) is 0.518. The number of nitrogen functional groups attached to an aromatic ring is 1. The Labute approximate surface area is 184 Å². The van der Waals surface area contributed by atoms with Crippen LogP contribution >= 0.6 is 0 Å². The highest BCUT2D eigenvalue weighted by Crippen LogP contribution is 2.39. The molecule has 1 aromatic carbocycles. The molecule has 0 spiro atoms. The summed E-state index contributed by atoms with van der Waals surface area (Å²) in [6.45, 7) is 5.11. The van der Waals surface area contributed by atoms with Crippen LogP contribution in [0.15, 0.2) is 24.5 Å². The molecule has 1 fully saturated rings. The highest BCUT2D eigenvalue weighted by Gasteiger charge is 2.30. The second-order valence-corrected chi connectivity index (χ2v) is 8.32. The first-order valence-corrected chi connectivity index (χ1v) is 10.6. The normalized spacial score (nSPS) is 19.3. The van der Waals surface area contributed by atoms with E-state index >= 15 is 4.39 Å². The fraction of sp³-hybridized carbons (Fsp3) is 0.348. The molecule has 3 heterocycles. The SMILES string of the molecule is Cc1c(-c2cc3cc(NC(=O)OC4CCC4C)ncc3c(N)c2F)cnc2c1NCCO2. The summed E-state index contributed by atoms with van der Waals surface area (Å²) in [4.78, 5) is 20.7. The fourth-order valence-corrected chi connectivity index (χ4v) is 4.14. The summed E-state index contributed by atoms with van der Waals surface area (Å²) in [5.74, 6) is 0.632. The number of ether oxygens (including phenoxy) is 2. The molecule has 2 unspecified atom stereocenters. The lowest BCUT2D eigenvalue weighted by Gasteiger charge is -2.32. The molecular formula is C23H24FN5O3. The van der Waals surface area contributed by atoms with E-state index in [9.17, 15) is 4.79 Å². The van der Waals surface area contributed by atoms with Crippen molar-refractivity contribution >= 4 is 34.1 Å². The Balaban J connectivity index is 1.50. The van der Waals surface area contributed by atoms with Gasteiger partial charge in [0.1, 0.15) is 24.2 Å². The molecule has 32 heavy (non-hydrogen) atoms. The maximum atomic E-state index is 15.2. The number of hydrogen-bond donors (Lipinski definition) is 3. The number of halogens is 1. The van der Waals surface area contributed by atoms with Crippen LogP contribution in [0.25, 0.3) is 21.9 Å². The minimum atomic E-state index is -0.551. The first-order chi connectivity index (χ1) is 15.4. The number of carbonyl (C=O) groups excluding carboxylic acids is 1. The maximum absolute atomic E-state index is 15.2. The lowest BCUT2D eigenvalue weighted by atomic mass is 9.84. The Kier molecular flexibility index (Phi) is 4.96. The van der Waals surface area contributed by atoms with Crippen LogP contribution in [0, 0.1) is 18.7 Å². The van der Waals surface area contributed by atoms with E-state index in [0.717, 1.165) is 24.1 Å². The van der Waals surface area contributed by atoms with Gasteiger partial charge in [0.05, 0.1) is 5.69 Å². The molecule has 9 heteroatoms. The van der Waals surface area contributed by atoms with Crippen molar-refractivity contribution in [3.05, 3.63) is 35.9 Å². The second-order valence-electron chi connectivity index (χ2n) is 8.32. The number of hydrogen-bond acceptors (Lipinski definition) is 7. The molecule has 1 amide bonds. The monoisotopic (exact) mass is 437 g/mol. The second kappa shape index (κ2) is 7.81. The zero-order valence-corrected chi connectivity index (χ0v) is 17.9. The number of nitrogens with one attached hydrogen (secondary N) is 2. The summed E-state index contributed by atoms with van der Waals surface area (Å²) < 4.78 is 26.2. The van der Waals surface area contributed by atoms with Crippen molar-refractivity contribution in [1.29, 1.82) is 0 Å². The summed E-state index contributed by atoms with van der Waals surface area (Å²) in [6, 6.07) is 3.34. The molecule has 5 rings (SSSR count). The number of anilines is 3. The molecule has 2 atom stereocenters. The third-order valence-corrected chi connectivity index (χ3v) is 6.27. The number of amides is 1. The van der Waals surface area contributed by atoms with E-state index < -0.39 is 11.9 Å². The zero-order chi connectivity index (χ0) is 22.4. The van der Waals surface area contributed by atoms with Gasteiger partial charge in [-0.1, -0.05) is 6.92 Å². The number of pyridine rings is 2. The highest BCUT2D eigenvalue weighted by atomic mass is 19.1. The third-order valence-electron chi connectivity index (χ3n) is 6.27. The van der Waals surface area contributed by atoms with Crippen LogP contribution in [-0.4, -0.2) is 35.3 Å². The Morgan fingerprint density at radius 3 is 2.88 bits per heavy atom. The molecule has 2 aliphatic rings. The van der Waals surface area contributed by atoms with Crippen LogP contribution in [0.5, 0.6) is 5.88 Å². The van der Waals surface area contributed by atoms with E-state index in [0.29, 0.717) is 52.7 Å². The lowest BCUT2D eigenvalue weighted by molar-refractivity contribution is 0.0172. The van der Waals surface area contributed by atoms with Crippen molar-refractivity contribution < 1.29 is 18.7 Å². The number of carbonyl (C=O) groups is 1. The van der Waals surface area contributed by atoms with Crippen molar-refractivity contribution in [3.8, 4) is 17.0 Å². The van der Waals surface area contributed by atoms with Gasteiger partial charge in [-0.05, 0) is 48.8 Å². The number of nitrogens with two attached hydrogens (primary N) is 1. The first-order valence-electron chi connectivity index (χ1n) is 10.6. The molecular weight excluding hydrogens is 413 g/mol. The zero-order valence-electron chi connectivity index (χ0n) is 17.9. The molecule has 8 nitrogen and oxygen atoms in total. The van der Waals surface area contributed by atoms with Gasteiger partial charge in [0.25, 0.3) is 0 Å². The van der Waals surface area contributed by atoms with Crippen molar-refractivity contribution in [2.45, 2.75) is 32.8 Å². The van der Waals surface area contributed by atoms with Crippen LogP contribution < -0.4 is 21.1 Å². The average Bonchev–Trinajstić information content (AvgIpc) is 2.79. The third kappa shape index (κ3) is 3.43. The van der Waals surface area contributed by atoms with Gasteiger partial charge >= 0.3 is 6.09 Å². The van der Waals surface area contributed by atoms with Gasteiger partial charge in [-0.25, -0.2) is 19.2 Å². The van der Waals surface area contributed by atoms with E-state index in [2.05, 4.69) is 20.6 Å². The average molecular weight is 437 g/mol. The minimum absolute atomic E-state index is 0.0104. The largest absolute Gasteiger partial charge is 0.474 e. The molecule has 1 saturated carbocycles. The predicted molar refractivity (Wildman–Crippen MR) is 120 cm³/mol. The van der Waals surface area contributed by atoms with Gasteiger partial charge in [-0.15, -0.1) is 0 Å². The number of nitrogens with zero attached hydrogens (tertiary/aromatic N) is 2. The molecule has 1 aliphatic carbocycles. The van der Waals surface area contributed by atoms with E-state index in [1.807, 2.05) is 13.8 Å². The molecule has 0 radical (unpaired) electrons. The Morgan fingerprint density at radius 1 is 1.28 bits per heavy atom. The van der Waals surface area contributed by atoms with Crippen LogP contribution in [-0.2, 0) is 4.74 Å². The predicted octanol–water partition coefficient (Wildman–Crippen LogP) is 4.48. The van der Waals surface area contributed by atoms with Crippen molar-refractivity contribution in [1.82, 2.24) is 9.97 Å². The van der Waals surface area contributed by atoms with E-state index in [4.69, 9.17) is 15.2 Å². The molecule has 3 aromatic rings. The van der Waals surface area contributed by atoms with Gasteiger partial charge in [0, 0.05) is 35.5 Å². The number of benzene rings is 1. The van der Waals surface area contributed by atoms with Gasteiger partial charge in [-0.2, -0.15) is 0 Å². The maximum Gasteiger partial charge on any atom is 0.413 e. The van der Waals surface area contributed by atoms with Gasteiger partial charge < -0.3 is 20.5 Å². The van der Waals surface area contributed by atoms with Gasteiger partial charge in [0.2, 0.25) is 5.88 Å². The van der Waals surface area contributed by atoms with E-state index in [-0.39, 0.29) is 11.8 Å². The van der Waals surface area contributed by atoms with Crippen molar-refractivity contribution in [2.24, 2.45) is 5.92 Å². The highest BCUT2D eigenvalue weighted by molar-refractivity contribution is 5.99. The summed E-state index contributed by atoms with van der Waals surface area (Å²) in [5, 5.41) is 7.01. The summed E-state index contributed by atoms with van der Waals surface area (Å²) in [5.41, 5.74) is 8.60. The Morgan fingerprint density at radius 2 is 2.12 bits per heavy atom. The van der Waals surface area contributed by atoms with E-state index in [1.54, 1.807) is 18.3 Å². The number of aromatic nitrogens is 2. The Hall–Kier alpha value is -3.62. The summed E-state index contributed by atoms with van der Waals surface area (Å²) in [7, 11) is 0.